The molecule has 1 aliphatic carbocycles. The number of hydrogen-bond acceptors (Lipinski definition) is 3. The minimum absolute atomic E-state index is 0.0740. The Bertz CT molecular complexity index is 476. The van der Waals surface area contributed by atoms with Crippen molar-refractivity contribution in [1.29, 1.82) is 0 Å². The van der Waals surface area contributed by atoms with Gasteiger partial charge >= 0.3 is 0 Å². The lowest BCUT2D eigenvalue weighted by Gasteiger charge is -2.34. The number of rotatable bonds is 2. The molecule has 1 aromatic heterocycles. The van der Waals surface area contributed by atoms with E-state index in [0.717, 1.165) is 45.2 Å². The average molecular weight is 276 g/mol. The molecule has 20 heavy (non-hydrogen) atoms. The van der Waals surface area contributed by atoms with Crippen molar-refractivity contribution in [1.82, 2.24) is 14.7 Å². The molecule has 1 saturated carbocycles. The second kappa shape index (κ2) is 5.56. The van der Waals surface area contributed by atoms with Gasteiger partial charge in [-0.2, -0.15) is 5.10 Å². The third-order valence-electron chi connectivity index (χ3n) is 4.89. The van der Waals surface area contributed by atoms with E-state index in [2.05, 4.69) is 11.3 Å². The SMILES string of the molecule is Cn1cc(C2CCN(C(=O)[C@@H]3CCC[C@@H]3N)CC2)cn1. The average Bonchev–Trinajstić information content (AvgIpc) is 3.07. The second-order valence-electron chi connectivity index (χ2n) is 6.25. The van der Waals surface area contributed by atoms with Gasteiger partial charge in [-0.3, -0.25) is 9.48 Å². The number of nitrogens with zero attached hydrogens (tertiary/aromatic N) is 3. The van der Waals surface area contributed by atoms with Crippen molar-refractivity contribution in [3.8, 4) is 0 Å². The van der Waals surface area contributed by atoms with E-state index >= 15 is 0 Å². The standard InChI is InChI=1S/C15H24N4O/c1-18-10-12(9-17-18)11-5-7-19(8-6-11)15(20)13-3-2-4-14(13)16/h9-11,13-14H,2-8,16H2,1H3/t13-,14+/m1/s1. The van der Waals surface area contributed by atoms with E-state index in [0.29, 0.717) is 11.8 Å². The third kappa shape index (κ3) is 2.59. The minimum Gasteiger partial charge on any atom is -0.342 e. The van der Waals surface area contributed by atoms with Crippen LogP contribution in [0, 0.1) is 5.92 Å². The summed E-state index contributed by atoms with van der Waals surface area (Å²) >= 11 is 0. The number of carbonyl (C=O) groups is 1. The fourth-order valence-electron chi connectivity index (χ4n) is 3.61. The molecule has 2 atom stereocenters. The smallest absolute Gasteiger partial charge is 0.227 e. The lowest BCUT2D eigenvalue weighted by atomic mass is 9.90. The number of piperidine rings is 1. The molecule has 5 nitrogen and oxygen atoms in total. The zero-order valence-electron chi connectivity index (χ0n) is 12.2. The van der Waals surface area contributed by atoms with Crippen LogP contribution in [0.3, 0.4) is 0 Å². The summed E-state index contributed by atoms with van der Waals surface area (Å²) in [7, 11) is 1.95. The monoisotopic (exact) mass is 276 g/mol. The van der Waals surface area contributed by atoms with E-state index in [4.69, 9.17) is 5.73 Å². The number of likely N-dealkylation sites (tertiary alicyclic amines) is 1. The fraction of sp³-hybridized carbons (Fsp3) is 0.733. The molecule has 1 aromatic rings. The molecule has 2 aliphatic rings. The van der Waals surface area contributed by atoms with Crippen LogP contribution in [0.5, 0.6) is 0 Å². The van der Waals surface area contributed by atoms with Gasteiger partial charge in [-0.25, -0.2) is 0 Å². The van der Waals surface area contributed by atoms with Crippen LogP contribution in [0.2, 0.25) is 0 Å². The van der Waals surface area contributed by atoms with Gasteiger partial charge in [-0.15, -0.1) is 0 Å². The van der Waals surface area contributed by atoms with Crippen molar-refractivity contribution < 1.29 is 4.79 Å². The van der Waals surface area contributed by atoms with Gasteiger partial charge in [0.2, 0.25) is 5.91 Å². The highest BCUT2D eigenvalue weighted by Crippen LogP contribution is 2.31. The second-order valence-corrected chi connectivity index (χ2v) is 6.25. The van der Waals surface area contributed by atoms with Crippen LogP contribution in [0.4, 0.5) is 0 Å². The Hall–Kier alpha value is -1.36. The van der Waals surface area contributed by atoms with Crippen molar-refractivity contribution in [3.05, 3.63) is 18.0 Å². The molecular formula is C15H24N4O. The summed E-state index contributed by atoms with van der Waals surface area (Å²) in [4.78, 5) is 14.5. The third-order valence-corrected chi connectivity index (χ3v) is 4.89. The molecule has 0 radical (unpaired) electrons. The van der Waals surface area contributed by atoms with E-state index in [1.807, 2.05) is 22.8 Å². The first kappa shape index (κ1) is 13.6. The van der Waals surface area contributed by atoms with Gasteiger partial charge < -0.3 is 10.6 Å². The summed E-state index contributed by atoms with van der Waals surface area (Å²) in [6.07, 6.45) is 9.21. The van der Waals surface area contributed by atoms with Crippen LogP contribution in [0.1, 0.15) is 43.6 Å². The zero-order valence-corrected chi connectivity index (χ0v) is 12.2. The molecule has 110 valence electrons. The topological polar surface area (TPSA) is 64.2 Å². The van der Waals surface area contributed by atoms with E-state index in [1.165, 1.54) is 5.56 Å². The largest absolute Gasteiger partial charge is 0.342 e. The van der Waals surface area contributed by atoms with E-state index in [9.17, 15) is 4.79 Å². The number of hydrogen-bond donors (Lipinski definition) is 1. The molecule has 2 N–H and O–H groups in total. The number of nitrogens with two attached hydrogens (primary N) is 1. The normalized spacial score (nSPS) is 28.0. The molecule has 0 spiro atoms. The van der Waals surface area contributed by atoms with Gasteiger partial charge in [0.05, 0.1) is 12.1 Å². The van der Waals surface area contributed by atoms with Gasteiger partial charge in [0, 0.05) is 32.4 Å². The number of amides is 1. The summed E-state index contributed by atoms with van der Waals surface area (Å²) in [6, 6.07) is 0.0820. The van der Waals surface area contributed by atoms with E-state index in [-0.39, 0.29) is 12.0 Å². The highest BCUT2D eigenvalue weighted by molar-refractivity contribution is 5.80. The molecular weight excluding hydrogens is 252 g/mol. The Morgan fingerprint density at radius 3 is 2.60 bits per heavy atom. The first-order valence-electron chi connectivity index (χ1n) is 7.68. The maximum absolute atomic E-state index is 12.5. The van der Waals surface area contributed by atoms with Gasteiger partial charge in [0.15, 0.2) is 0 Å². The van der Waals surface area contributed by atoms with Gasteiger partial charge in [0.25, 0.3) is 0 Å². The number of carbonyl (C=O) groups excluding carboxylic acids is 1. The highest BCUT2D eigenvalue weighted by Gasteiger charge is 2.34. The lowest BCUT2D eigenvalue weighted by Crippen LogP contribution is -2.45. The van der Waals surface area contributed by atoms with Crippen molar-refractivity contribution in [3.63, 3.8) is 0 Å². The fourth-order valence-corrected chi connectivity index (χ4v) is 3.61. The summed E-state index contributed by atoms with van der Waals surface area (Å²) in [5.41, 5.74) is 7.35. The summed E-state index contributed by atoms with van der Waals surface area (Å²) < 4.78 is 1.85. The Balaban J connectivity index is 1.57. The Morgan fingerprint density at radius 1 is 1.30 bits per heavy atom. The van der Waals surface area contributed by atoms with E-state index < -0.39 is 0 Å². The van der Waals surface area contributed by atoms with Crippen LogP contribution >= 0.6 is 0 Å². The Labute approximate surface area is 120 Å². The molecule has 1 saturated heterocycles. The summed E-state index contributed by atoms with van der Waals surface area (Å²) in [6.45, 7) is 1.73. The molecule has 0 unspecified atom stereocenters. The Morgan fingerprint density at radius 2 is 2.05 bits per heavy atom. The highest BCUT2D eigenvalue weighted by atomic mass is 16.2. The molecule has 0 aromatic carbocycles. The Kier molecular flexibility index (Phi) is 3.78. The van der Waals surface area contributed by atoms with Gasteiger partial charge in [0.1, 0.15) is 0 Å². The maximum Gasteiger partial charge on any atom is 0.227 e. The molecule has 1 amide bonds. The quantitative estimate of drug-likeness (QED) is 0.884. The van der Waals surface area contributed by atoms with Crippen molar-refractivity contribution in [2.24, 2.45) is 18.7 Å². The number of aryl methyl sites for hydroxylation is 1. The predicted molar refractivity (Wildman–Crippen MR) is 77.1 cm³/mol. The number of aromatic nitrogens is 2. The van der Waals surface area contributed by atoms with Crippen molar-refractivity contribution >= 4 is 5.91 Å². The first-order valence-corrected chi connectivity index (χ1v) is 7.68. The lowest BCUT2D eigenvalue weighted by molar-refractivity contribution is -0.136. The molecule has 1 aliphatic heterocycles. The molecule has 5 heteroatoms. The van der Waals surface area contributed by atoms with Crippen LogP contribution in [-0.2, 0) is 11.8 Å². The van der Waals surface area contributed by atoms with Crippen LogP contribution in [0.25, 0.3) is 0 Å². The first-order chi connectivity index (χ1) is 9.65. The van der Waals surface area contributed by atoms with Gasteiger partial charge in [-0.05, 0) is 37.2 Å². The van der Waals surface area contributed by atoms with Crippen molar-refractivity contribution in [2.45, 2.75) is 44.1 Å². The zero-order chi connectivity index (χ0) is 14.1. The predicted octanol–water partition coefficient (Wildman–Crippen LogP) is 1.25. The summed E-state index contributed by atoms with van der Waals surface area (Å²) in [5, 5.41) is 4.24. The maximum atomic E-state index is 12.5. The molecule has 2 heterocycles. The van der Waals surface area contributed by atoms with Crippen LogP contribution in [0.15, 0.2) is 12.4 Å². The minimum atomic E-state index is 0.0740. The molecule has 2 fully saturated rings. The van der Waals surface area contributed by atoms with Crippen LogP contribution in [-0.4, -0.2) is 39.7 Å². The summed E-state index contributed by atoms with van der Waals surface area (Å²) in [5.74, 6) is 0.912. The molecule has 3 rings (SSSR count). The van der Waals surface area contributed by atoms with Crippen molar-refractivity contribution in [2.75, 3.05) is 13.1 Å². The van der Waals surface area contributed by atoms with Gasteiger partial charge in [-0.1, -0.05) is 6.42 Å². The molecule has 0 bridgehead atoms. The van der Waals surface area contributed by atoms with E-state index in [1.54, 1.807) is 0 Å². The van der Waals surface area contributed by atoms with Crippen LogP contribution < -0.4 is 5.73 Å².